The van der Waals surface area contributed by atoms with E-state index >= 15 is 0 Å². The summed E-state index contributed by atoms with van der Waals surface area (Å²) in [5.41, 5.74) is 3.59. The molecule has 0 N–H and O–H groups in total. The van der Waals surface area contributed by atoms with Crippen LogP contribution in [0.25, 0.3) is 0 Å². The Morgan fingerprint density at radius 3 is 2.22 bits per heavy atom. The van der Waals surface area contributed by atoms with E-state index in [-0.39, 0.29) is 5.41 Å². The fourth-order valence-corrected chi connectivity index (χ4v) is 9.98. The second-order valence-electron chi connectivity index (χ2n) is 14.7. The lowest BCUT2D eigenvalue weighted by molar-refractivity contribution is -0.0113. The van der Waals surface area contributed by atoms with Crippen molar-refractivity contribution in [2.24, 2.45) is 57.4 Å². The summed E-state index contributed by atoms with van der Waals surface area (Å²) in [6, 6.07) is 0. The molecule has 204 valence electrons. The molecule has 0 aromatic rings. The molecule has 4 aliphatic carbocycles. The molecule has 3 nitrogen and oxygen atoms in total. The summed E-state index contributed by atoms with van der Waals surface area (Å²) in [6.45, 7) is 21.7. The number of allylic oxidation sites excluding steroid dienone is 4. The van der Waals surface area contributed by atoms with Crippen molar-refractivity contribution in [2.45, 2.75) is 112 Å². The topological polar surface area (TPSA) is 30.8 Å². The summed E-state index contributed by atoms with van der Waals surface area (Å²) in [4.78, 5) is 5.46. The molecule has 36 heavy (non-hydrogen) atoms. The Morgan fingerprint density at radius 1 is 0.917 bits per heavy atom. The minimum atomic E-state index is -1.56. The normalized spacial score (nSPS) is 41.6. The second kappa shape index (κ2) is 10.4. The zero-order valence-corrected chi connectivity index (χ0v) is 26.1. The van der Waals surface area contributed by atoms with Crippen molar-refractivity contribution >= 4 is 14.0 Å². The van der Waals surface area contributed by atoms with Crippen molar-refractivity contribution in [3.63, 3.8) is 0 Å². The molecule has 0 bridgehead atoms. The zero-order valence-electron chi connectivity index (χ0n) is 25.1. The van der Waals surface area contributed by atoms with Gasteiger partial charge in [-0.05, 0) is 117 Å². The van der Waals surface area contributed by atoms with Crippen molar-refractivity contribution in [2.75, 3.05) is 7.11 Å². The lowest BCUT2D eigenvalue weighted by Crippen LogP contribution is -2.53. The molecule has 0 heterocycles. The van der Waals surface area contributed by atoms with Crippen molar-refractivity contribution in [1.82, 2.24) is 0 Å². The zero-order chi connectivity index (χ0) is 26.5. The smallest absolute Gasteiger partial charge is 0.184 e. The summed E-state index contributed by atoms with van der Waals surface area (Å²) in [6.07, 6.45) is 16.9. The van der Waals surface area contributed by atoms with E-state index in [1.54, 1.807) is 12.7 Å². The molecule has 4 aliphatic rings. The first-order chi connectivity index (χ1) is 16.8. The molecule has 3 saturated carbocycles. The summed E-state index contributed by atoms with van der Waals surface area (Å²) in [5.74, 6) is 4.61. The van der Waals surface area contributed by atoms with Crippen LogP contribution < -0.4 is 0 Å². The van der Waals surface area contributed by atoms with Crippen LogP contribution in [0.15, 0.2) is 29.0 Å². The first-order valence-electron chi connectivity index (χ1n) is 15.0. The van der Waals surface area contributed by atoms with Gasteiger partial charge in [0.1, 0.15) is 7.11 Å². The number of hydrogen-bond acceptors (Lipinski definition) is 3. The van der Waals surface area contributed by atoms with E-state index in [1.165, 1.54) is 44.2 Å². The maximum absolute atomic E-state index is 6.63. The van der Waals surface area contributed by atoms with Crippen LogP contribution in [0.3, 0.4) is 0 Å². The molecule has 9 atom stereocenters. The highest BCUT2D eigenvalue weighted by atomic mass is 28.4. The average Bonchev–Trinajstić information content (AvgIpc) is 3.14. The predicted octanol–water partition coefficient (Wildman–Crippen LogP) is 8.88. The first-order valence-corrected chi connectivity index (χ1v) is 18.4. The lowest BCUT2D eigenvalue weighted by Gasteiger charge is -2.58. The summed E-state index contributed by atoms with van der Waals surface area (Å²) < 4.78 is 6.63. The van der Waals surface area contributed by atoms with Gasteiger partial charge in [-0.25, -0.2) is 0 Å². The molecule has 0 spiro atoms. The molecular weight excluding hydrogens is 458 g/mol. The van der Waals surface area contributed by atoms with Gasteiger partial charge in [0.05, 0.1) is 5.71 Å². The average molecular weight is 514 g/mol. The van der Waals surface area contributed by atoms with E-state index in [2.05, 4.69) is 84.6 Å². The van der Waals surface area contributed by atoms with Crippen LogP contribution in [0.4, 0.5) is 0 Å². The third-order valence-electron chi connectivity index (χ3n) is 11.1. The van der Waals surface area contributed by atoms with Crippen LogP contribution in [0.1, 0.15) is 86.5 Å². The Balaban J connectivity index is 1.61. The minimum Gasteiger partial charge on any atom is -0.415 e. The number of fused-ring (bicyclic) bond motifs is 5. The Labute approximate surface area is 223 Å². The summed E-state index contributed by atoms with van der Waals surface area (Å²) in [5, 5.41) is 4.68. The predicted molar refractivity (Wildman–Crippen MR) is 156 cm³/mol. The number of nitrogens with zero attached hydrogens (tertiary/aromatic N) is 1. The SMILES string of the molecule is CO/N=C1\C=C2[C@H](CC[C@]3(C)[C@@H]([C@H](C)/C=C/[C@H](C)C(C)C)CC[C@@H]23)[C@@]2(C)CC[C@H](O[Si](C)(C)C)C[C@H]12. The van der Waals surface area contributed by atoms with E-state index in [0.717, 1.165) is 12.3 Å². The molecule has 0 unspecified atom stereocenters. The van der Waals surface area contributed by atoms with Gasteiger partial charge in [0, 0.05) is 12.0 Å². The van der Waals surface area contributed by atoms with Gasteiger partial charge in [0.25, 0.3) is 0 Å². The number of rotatable bonds is 7. The molecule has 4 heteroatoms. The molecular formula is C32H55NO2Si. The Kier molecular flexibility index (Phi) is 8.10. The van der Waals surface area contributed by atoms with E-state index in [0.29, 0.717) is 47.0 Å². The largest absolute Gasteiger partial charge is 0.415 e. The van der Waals surface area contributed by atoms with Gasteiger partial charge < -0.3 is 9.26 Å². The maximum Gasteiger partial charge on any atom is 0.184 e. The van der Waals surface area contributed by atoms with Crippen molar-refractivity contribution in [1.29, 1.82) is 0 Å². The highest BCUT2D eigenvalue weighted by Gasteiger charge is 2.59. The Morgan fingerprint density at radius 2 is 1.58 bits per heavy atom. The van der Waals surface area contributed by atoms with Crippen LogP contribution in [0, 0.1) is 52.3 Å². The fourth-order valence-electron chi connectivity index (χ4n) is 8.76. The van der Waals surface area contributed by atoms with Crippen molar-refractivity contribution < 1.29 is 9.26 Å². The van der Waals surface area contributed by atoms with Crippen LogP contribution >= 0.6 is 0 Å². The summed E-state index contributed by atoms with van der Waals surface area (Å²) in [7, 11) is 0.160. The molecule has 0 amide bonds. The lowest BCUT2D eigenvalue weighted by atomic mass is 9.47. The van der Waals surface area contributed by atoms with E-state index in [1.807, 2.05) is 0 Å². The molecule has 0 aromatic heterocycles. The third-order valence-corrected chi connectivity index (χ3v) is 12.1. The van der Waals surface area contributed by atoms with Gasteiger partial charge >= 0.3 is 0 Å². The van der Waals surface area contributed by atoms with E-state index < -0.39 is 8.32 Å². The van der Waals surface area contributed by atoms with Gasteiger partial charge in [-0.3, -0.25) is 0 Å². The quantitative estimate of drug-likeness (QED) is 0.193. The van der Waals surface area contributed by atoms with Crippen LogP contribution in [0.5, 0.6) is 0 Å². The molecule has 3 fully saturated rings. The van der Waals surface area contributed by atoms with Crippen molar-refractivity contribution in [3.05, 3.63) is 23.8 Å². The van der Waals surface area contributed by atoms with Gasteiger partial charge in [0.2, 0.25) is 0 Å². The van der Waals surface area contributed by atoms with Gasteiger partial charge in [0.15, 0.2) is 8.32 Å². The highest BCUT2D eigenvalue weighted by Crippen LogP contribution is 2.66. The molecule has 4 rings (SSSR count). The second-order valence-corrected chi connectivity index (χ2v) is 19.2. The Hall–Kier alpha value is -0.873. The monoisotopic (exact) mass is 513 g/mol. The van der Waals surface area contributed by atoms with Crippen LogP contribution in [-0.4, -0.2) is 27.2 Å². The van der Waals surface area contributed by atoms with E-state index in [4.69, 9.17) is 9.26 Å². The third kappa shape index (κ3) is 5.20. The molecule has 0 radical (unpaired) electrons. The maximum atomic E-state index is 6.63. The fraction of sp³-hybridized carbons (Fsp3) is 0.844. The highest BCUT2D eigenvalue weighted by molar-refractivity contribution is 6.69. The van der Waals surface area contributed by atoms with Gasteiger partial charge in [-0.2, -0.15) is 0 Å². The molecule has 0 aliphatic heterocycles. The van der Waals surface area contributed by atoms with Gasteiger partial charge in [-0.15, -0.1) is 0 Å². The number of oxime groups is 1. The van der Waals surface area contributed by atoms with Gasteiger partial charge in [-0.1, -0.05) is 64.4 Å². The minimum absolute atomic E-state index is 0.276. The first kappa shape index (κ1) is 28.1. The molecule has 0 aromatic carbocycles. The van der Waals surface area contributed by atoms with Crippen molar-refractivity contribution in [3.8, 4) is 0 Å². The standard InChI is InChI=1S/C32H55NO2Si/c1-21(2)22(3)11-12-23(4)26-13-14-27-25-20-30(33-34-7)29-19-24(35-36(8,9)10)15-17-32(29,6)28(25)16-18-31(26,27)5/h11-12,20-24,26-29H,13-19H2,1-10H3/b12-11+,33-30+/t22-,23+,24-,26+,27-,28-,29+,31+,32+/m0/s1. The van der Waals surface area contributed by atoms with Crippen LogP contribution in [-0.2, 0) is 9.26 Å². The Bertz CT molecular complexity index is 885. The van der Waals surface area contributed by atoms with Crippen LogP contribution in [0.2, 0.25) is 19.6 Å². The molecule has 0 saturated heterocycles. The number of hydrogen-bond donors (Lipinski definition) is 0. The van der Waals surface area contributed by atoms with E-state index in [9.17, 15) is 0 Å². The summed E-state index contributed by atoms with van der Waals surface area (Å²) >= 11 is 0.